The van der Waals surface area contributed by atoms with Gasteiger partial charge in [-0.25, -0.2) is 8.42 Å². The molecule has 5 nitrogen and oxygen atoms in total. The summed E-state index contributed by atoms with van der Waals surface area (Å²) in [4.78, 5) is 3.12. The molecular formula is C10H17N3O2S. The number of aromatic amines is 1. The zero-order valence-electron chi connectivity index (χ0n) is 9.53. The summed E-state index contributed by atoms with van der Waals surface area (Å²) in [6.45, 7) is 5.76. The van der Waals surface area contributed by atoms with Crippen LogP contribution in [-0.2, 0) is 10.0 Å². The van der Waals surface area contributed by atoms with Crippen molar-refractivity contribution in [3.63, 3.8) is 0 Å². The fourth-order valence-corrected chi connectivity index (χ4v) is 3.77. The van der Waals surface area contributed by atoms with E-state index in [-0.39, 0.29) is 5.54 Å². The Kier molecular flexibility index (Phi) is 2.81. The molecule has 0 bridgehead atoms. The second-order valence-corrected chi connectivity index (χ2v) is 6.48. The summed E-state index contributed by atoms with van der Waals surface area (Å²) in [6.07, 6.45) is 3.15. The Morgan fingerprint density at radius 1 is 1.44 bits per heavy atom. The molecule has 0 spiro atoms. The summed E-state index contributed by atoms with van der Waals surface area (Å²) >= 11 is 0. The normalized spacial score (nSPS) is 22.1. The van der Waals surface area contributed by atoms with Crippen molar-refractivity contribution < 1.29 is 8.42 Å². The molecule has 1 fully saturated rings. The molecule has 1 aromatic rings. The smallest absolute Gasteiger partial charge is 0.245 e. The van der Waals surface area contributed by atoms with Gasteiger partial charge in [-0.3, -0.25) is 0 Å². The van der Waals surface area contributed by atoms with E-state index in [9.17, 15) is 8.42 Å². The second-order valence-electron chi connectivity index (χ2n) is 4.61. The van der Waals surface area contributed by atoms with Crippen molar-refractivity contribution in [3.8, 4) is 0 Å². The lowest BCUT2D eigenvalue weighted by Crippen LogP contribution is -2.59. The van der Waals surface area contributed by atoms with Crippen LogP contribution in [0, 0.1) is 0 Å². The fourth-order valence-electron chi connectivity index (χ4n) is 2.01. The average molecular weight is 243 g/mol. The first-order valence-corrected chi connectivity index (χ1v) is 6.75. The predicted molar refractivity (Wildman–Crippen MR) is 61.6 cm³/mol. The van der Waals surface area contributed by atoms with Crippen LogP contribution in [0.5, 0.6) is 0 Å². The van der Waals surface area contributed by atoms with Gasteiger partial charge in [0, 0.05) is 37.6 Å². The molecule has 1 aliphatic rings. The third kappa shape index (κ3) is 1.88. The Balaban J connectivity index is 2.37. The molecule has 0 radical (unpaired) electrons. The van der Waals surface area contributed by atoms with Gasteiger partial charge in [0.2, 0.25) is 10.0 Å². The molecule has 2 rings (SSSR count). The van der Waals surface area contributed by atoms with Crippen LogP contribution in [0.2, 0.25) is 0 Å². The SMILES string of the molecule is CC1(C)CNCCN1S(=O)(=O)c1cc[nH]c1. The molecule has 2 N–H and O–H groups in total. The summed E-state index contributed by atoms with van der Waals surface area (Å²) in [5, 5.41) is 3.21. The highest BCUT2D eigenvalue weighted by molar-refractivity contribution is 7.89. The molecule has 0 aliphatic carbocycles. The zero-order valence-corrected chi connectivity index (χ0v) is 10.3. The number of sulfonamides is 1. The van der Waals surface area contributed by atoms with E-state index in [1.165, 1.54) is 6.20 Å². The molecule has 0 saturated carbocycles. The van der Waals surface area contributed by atoms with E-state index in [0.29, 0.717) is 24.5 Å². The highest BCUT2D eigenvalue weighted by Gasteiger charge is 2.38. The zero-order chi connectivity index (χ0) is 11.8. The van der Waals surface area contributed by atoms with E-state index in [4.69, 9.17) is 0 Å². The number of nitrogens with one attached hydrogen (secondary N) is 2. The van der Waals surface area contributed by atoms with Gasteiger partial charge in [-0.2, -0.15) is 4.31 Å². The average Bonchev–Trinajstić information content (AvgIpc) is 2.69. The van der Waals surface area contributed by atoms with Crippen LogP contribution < -0.4 is 5.32 Å². The molecule has 0 atom stereocenters. The first-order valence-electron chi connectivity index (χ1n) is 5.31. The number of hydrogen-bond acceptors (Lipinski definition) is 3. The minimum absolute atomic E-state index is 0.336. The van der Waals surface area contributed by atoms with Crippen LogP contribution in [-0.4, -0.2) is 42.9 Å². The van der Waals surface area contributed by atoms with Gasteiger partial charge in [-0.15, -0.1) is 0 Å². The van der Waals surface area contributed by atoms with Gasteiger partial charge in [-0.1, -0.05) is 0 Å². The van der Waals surface area contributed by atoms with Crippen molar-refractivity contribution in [2.24, 2.45) is 0 Å². The molecule has 1 aromatic heterocycles. The molecule has 1 saturated heterocycles. The van der Waals surface area contributed by atoms with Crippen molar-refractivity contribution in [3.05, 3.63) is 18.5 Å². The molecule has 0 unspecified atom stereocenters. The maximum absolute atomic E-state index is 12.3. The summed E-state index contributed by atoms with van der Waals surface area (Å²) in [5.41, 5.74) is -0.381. The van der Waals surface area contributed by atoms with Crippen LogP contribution in [0.15, 0.2) is 23.4 Å². The maximum atomic E-state index is 12.3. The molecule has 16 heavy (non-hydrogen) atoms. The van der Waals surface area contributed by atoms with Crippen molar-refractivity contribution >= 4 is 10.0 Å². The van der Waals surface area contributed by atoms with E-state index < -0.39 is 10.0 Å². The Labute approximate surface area is 95.9 Å². The lowest BCUT2D eigenvalue weighted by Gasteiger charge is -2.41. The van der Waals surface area contributed by atoms with Crippen LogP contribution in [0.25, 0.3) is 0 Å². The van der Waals surface area contributed by atoms with E-state index in [1.54, 1.807) is 16.6 Å². The van der Waals surface area contributed by atoms with Crippen molar-refractivity contribution in [1.29, 1.82) is 0 Å². The van der Waals surface area contributed by atoms with Gasteiger partial charge >= 0.3 is 0 Å². The van der Waals surface area contributed by atoms with Gasteiger partial charge in [-0.05, 0) is 19.9 Å². The minimum atomic E-state index is -3.36. The van der Waals surface area contributed by atoms with E-state index in [2.05, 4.69) is 10.3 Å². The van der Waals surface area contributed by atoms with Gasteiger partial charge in [0.15, 0.2) is 0 Å². The van der Waals surface area contributed by atoms with Crippen molar-refractivity contribution in [2.45, 2.75) is 24.3 Å². The molecule has 0 amide bonds. The Hall–Kier alpha value is -0.850. The number of aromatic nitrogens is 1. The molecule has 2 heterocycles. The lowest BCUT2D eigenvalue weighted by atomic mass is 10.0. The molecule has 0 aromatic carbocycles. The number of rotatable bonds is 2. The highest BCUT2D eigenvalue weighted by Crippen LogP contribution is 2.25. The van der Waals surface area contributed by atoms with Crippen molar-refractivity contribution in [2.75, 3.05) is 19.6 Å². The summed E-state index contributed by atoms with van der Waals surface area (Å²) in [5.74, 6) is 0. The minimum Gasteiger partial charge on any atom is -0.366 e. The fraction of sp³-hybridized carbons (Fsp3) is 0.600. The molecule has 1 aliphatic heterocycles. The maximum Gasteiger partial charge on any atom is 0.245 e. The van der Waals surface area contributed by atoms with E-state index in [1.807, 2.05) is 13.8 Å². The van der Waals surface area contributed by atoms with Crippen molar-refractivity contribution in [1.82, 2.24) is 14.6 Å². The quantitative estimate of drug-likeness (QED) is 0.789. The van der Waals surface area contributed by atoms with Gasteiger partial charge in [0.25, 0.3) is 0 Å². The van der Waals surface area contributed by atoms with Crippen LogP contribution in [0.4, 0.5) is 0 Å². The Bertz CT molecular complexity index is 450. The second kappa shape index (κ2) is 3.87. The molecule has 90 valence electrons. The van der Waals surface area contributed by atoms with Gasteiger partial charge in [0.1, 0.15) is 0 Å². The Morgan fingerprint density at radius 3 is 2.75 bits per heavy atom. The predicted octanol–water partition coefficient (Wildman–Crippen LogP) is 0.387. The van der Waals surface area contributed by atoms with Crippen LogP contribution in [0.3, 0.4) is 0 Å². The third-order valence-electron chi connectivity index (χ3n) is 2.88. The highest BCUT2D eigenvalue weighted by atomic mass is 32.2. The van der Waals surface area contributed by atoms with E-state index in [0.717, 1.165) is 0 Å². The number of H-pyrrole nitrogens is 1. The first kappa shape index (κ1) is 11.6. The van der Waals surface area contributed by atoms with Gasteiger partial charge in [0.05, 0.1) is 4.90 Å². The van der Waals surface area contributed by atoms with Gasteiger partial charge < -0.3 is 10.3 Å². The number of nitrogens with zero attached hydrogens (tertiary/aromatic N) is 1. The lowest BCUT2D eigenvalue weighted by molar-refractivity contribution is 0.186. The number of hydrogen-bond donors (Lipinski definition) is 2. The summed E-state index contributed by atoms with van der Waals surface area (Å²) < 4.78 is 26.3. The molecular weight excluding hydrogens is 226 g/mol. The number of piperazine rings is 1. The van der Waals surface area contributed by atoms with Crippen LogP contribution >= 0.6 is 0 Å². The summed E-state index contributed by atoms with van der Waals surface area (Å²) in [7, 11) is -3.36. The largest absolute Gasteiger partial charge is 0.366 e. The Morgan fingerprint density at radius 2 is 2.19 bits per heavy atom. The monoisotopic (exact) mass is 243 g/mol. The third-order valence-corrected chi connectivity index (χ3v) is 4.99. The first-order chi connectivity index (χ1) is 7.44. The summed E-state index contributed by atoms with van der Waals surface area (Å²) in [6, 6.07) is 1.59. The van der Waals surface area contributed by atoms with Crippen LogP contribution in [0.1, 0.15) is 13.8 Å². The molecule has 6 heteroatoms. The van der Waals surface area contributed by atoms with E-state index >= 15 is 0 Å². The standard InChI is InChI=1S/C10H17N3O2S/c1-10(2)8-12-5-6-13(10)16(14,15)9-3-4-11-7-9/h3-4,7,11-12H,5-6,8H2,1-2H3. The topological polar surface area (TPSA) is 65.2 Å².